The summed E-state index contributed by atoms with van der Waals surface area (Å²) >= 11 is 0. The molecule has 3 aromatic carbocycles. The standard InChI is InChI=1S/C29H28N2O2/c32-28(29(17-8-3-9-18-29)20-22-11-4-1-5-12-22)31-24-19-23-13-10-16-26(27(23)30-21-24)33-25-14-6-2-7-15-25/h1-2,4-7,10-16,19,21H,3,8-9,17-18,20H2,(H,31,32). The van der Waals surface area contributed by atoms with Crippen molar-refractivity contribution in [2.24, 2.45) is 5.41 Å². The van der Waals surface area contributed by atoms with Crippen molar-refractivity contribution in [1.82, 2.24) is 4.98 Å². The van der Waals surface area contributed by atoms with E-state index in [2.05, 4.69) is 22.4 Å². The van der Waals surface area contributed by atoms with Gasteiger partial charge in [-0.1, -0.05) is 79.9 Å². The molecule has 166 valence electrons. The molecule has 1 aliphatic rings. The lowest BCUT2D eigenvalue weighted by Crippen LogP contribution is -2.40. The summed E-state index contributed by atoms with van der Waals surface area (Å²) in [5.41, 5.74) is 2.35. The molecule has 0 radical (unpaired) electrons. The van der Waals surface area contributed by atoms with Gasteiger partial charge in [0, 0.05) is 5.39 Å². The van der Waals surface area contributed by atoms with Gasteiger partial charge < -0.3 is 10.1 Å². The first-order valence-corrected chi connectivity index (χ1v) is 11.7. The van der Waals surface area contributed by atoms with Crippen molar-refractivity contribution in [1.29, 1.82) is 0 Å². The summed E-state index contributed by atoms with van der Waals surface area (Å²) < 4.78 is 6.04. The van der Waals surface area contributed by atoms with Crippen LogP contribution in [-0.4, -0.2) is 10.9 Å². The lowest BCUT2D eigenvalue weighted by atomic mass is 9.69. The molecule has 0 bridgehead atoms. The van der Waals surface area contributed by atoms with Gasteiger partial charge in [-0.25, -0.2) is 0 Å². The van der Waals surface area contributed by atoms with Crippen LogP contribution in [-0.2, 0) is 11.2 Å². The Balaban J connectivity index is 1.39. The Labute approximate surface area is 194 Å². The number of nitrogens with zero attached hydrogens (tertiary/aromatic N) is 1. The van der Waals surface area contributed by atoms with Crippen LogP contribution < -0.4 is 10.1 Å². The van der Waals surface area contributed by atoms with Crippen molar-refractivity contribution in [3.05, 3.63) is 96.7 Å². The number of amides is 1. The number of carbonyl (C=O) groups is 1. The Hall–Kier alpha value is -3.66. The monoisotopic (exact) mass is 436 g/mol. The highest BCUT2D eigenvalue weighted by Crippen LogP contribution is 2.40. The number of hydrogen-bond donors (Lipinski definition) is 1. The summed E-state index contributed by atoms with van der Waals surface area (Å²) in [5, 5.41) is 4.12. The molecule has 1 N–H and O–H groups in total. The number of benzene rings is 3. The number of fused-ring (bicyclic) bond motifs is 1. The average Bonchev–Trinajstić information content (AvgIpc) is 2.86. The fourth-order valence-electron chi connectivity index (χ4n) is 4.86. The maximum absolute atomic E-state index is 13.6. The molecular weight excluding hydrogens is 408 g/mol. The van der Waals surface area contributed by atoms with Crippen molar-refractivity contribution >= 4 is 22.5 Å². The van der Waals surface area contributed by atoms with Crippen LogP contribution in [0.5, 0.6) is 11.5 Å². The first-order chi connectivity index (χ1) is 16.2. The molecule has 33 heavy (non-hydrogen) atoms. The van der Waals surface area contributed by atoms with E-state index in [0.717, 1.165) is 54.4 Å². The lowest BCUT2D eigenvalue weighted by Gasteiger charge is -2.36. The summed E-state index contributed by atoms with van der Waals surface area (Å²) in [7, 11) is 0. The fourth-order valence-corrected chi connectivity index (χ4v) is 4.86. The van der Waals surface area contributed by atoms with Crippen molar-refractivity contribution in [2.45, 2.75) is 38.5 Å². The third-order valence-electron chi connectivity index (χ3n) is 6.58. The van der Waals surface area contributed by atoms with Crippen LogP contribution in [0.1, 0.15) is 37.7 Å². The largest absolute Gasteiger partial charge is 0.455 e. The first kappa shape index (κ1) is 21.2. The number of carbonyl (C=O) groups excluding carboxylic acids is 1. The summed E-state index contributed by atoms with van der Waals surface area (Å²) in [6.07, 6.45) is 7.73. The minimum atomic E-state index is -0.368. The van der Waals surface area contributed by atoms with Crippen molar-refractivity contribution < 1.29 is 9.53 Å². The Kier molecular flexibility index (Phi) is 6.07. The summed E-state index contributed by atoms with van der Waals surface area (Å²) in [4.78, 5) is 18.2. The van der Waals surface area contributed by atoms with Crippen LogP contribution in [0.2, 0.25) is 0 Å². The zero-order chi connectivity index (χ0) is 22.5. The molecule has 1 amide bonds. The molecule has 4 heteroatoms. The number of anilines is 1. The normalized spacial score (nSPS) is 15.2. The average molecular weight is 437 g/mol. The number of para-hydroxylation sites is 2. The van der Waals surface area contributed by atoms with E-state index in [1.165, 1.54) is 12.0 Å². The third-order valence-corrected chi connectivity index (χ3v) is 6.58. The fraction of sp³-hybridized carbons (Fsp3) is 0.241. The Morgan fingerprint density at radius 2 is 1.61 bits per heavy atom. The first-order valence-electron chi connectivity index (χ1n) is 11.7. The maximum atomic E-state index is 13.6. The van der Waals surface area contributed by atoms with Gasteiger partial charge in [0.1, 0.15) is 11.3 Å². The molecule has 1 saturated carbocycles. The molecular formula is C29H28N2O2. The van der Waals surface area contributed by atoms with Crippen LogP contribution in [0.15, 0.2) is 91.1 Å². The van der Waals surface area contributed by atoms with Gasteiger partial charge in [0.25, 0.3) is 0 Å². The van der Waals surface area contributed by atoms with E-state index in [1.54, 1.807) is 6.20 Å². The van der Waals surface area contributed by atoms with Gasteiger partial charge in [-0.3, -0.25) is 9.78 Å². The minimum Gasteiger partial charge on any atom is -0.455 e. The molecule has 0 aliphatic heterocycles. The topological polar surface area (TPSA) is 51.2 Å². The molecule has 0 saturated heterocycles. The predicted molar refractivity (Wildman–Crippen MR) is 133 cm³/mol. The molecule has 0 unspecified atom stereocenters. The van der Waals surface area contributed by atoms with Gasteiger partial charge in [0.15, 0.2) is 5.75 Å². The number of hydrogen-bond acceptors (Lipinski definition) is 3. The third kappa shape index (κ3) is 4.75. The van der Waals surface area contributed by atoms with Crippen LogP contribution in [0.3, 0.4) is 0 Å². The number of nitrogens with one attached hydrogen (secondary N) is 1. The lowest BCUT2D eigenvalue weighted by molar-refractivity contribution is -0.127. The quantitative estimate of drug-likeness (QED) is 0.349. The predicted octanol–water partition coefficient (Wildman–Crippen LogP) is 7.16. The summed E-state index contributed by atoms with van der Waals surface area (Å²) in [6, 6.07) is 27.9. The second-order valence-corrected chi connectivity index (χ2v) is 8.92. The van der Waals surface area contributed by atoms with Gasteiger partial charge in [0.2, 0.25) is 5.91 Å². The van der Waals surface area contributed by atoms with Gasteiger partial charge in [-0.05, 0) is 49.1 Å². The zero-order valence-corrected chi connectivity index (χ0v) is 18.7. The molecule has 4 aromatic rings. The Bertz CT molecular complexity index is 1230. The highest BCUT2D eigenvalue weighted by molar-refractivity contribution is 5.97. The van der Waals surface area contributed by atoms with Gasteiger partial charge in [-0.2, -0.15) is 0 Å². The summed E-state index contributed by atoms with van der Waals surface area (Å²) in [5.74, 6) is 1.57. The van der Waals surface area contributed by atoms with Crippen LogP contribution in [0, 0.1) is 5.41 Å². The number of ether oxygens (including phenoxy) is 1. The van der Waals surface area contributed by atoms with Gasteiger partial charge >= 0.3 is 0 Å². The minimum absolute atomic E-state index is 0.101. The molecule has 1 aromatic heterocycles. The maximum Gasteiger partial charge on any atom is 0.230 e. The van der Waals surface area contributed by atoms with E-state index >= 15 is 0 Å². The smallest absolute Gasteiger partial charge is 0.230 e. The van der Waals surface area contributed by atoms with E-state index in [0.29, 0.717) is 5.75 Å². The van der Waals surface area contributed by atoms with Gasteiger partial charge in [0.05, 0.1) is 17.3 Å². The van der Waals surface area contributed by atoms with E-state index in [-0.39, 0.29) is 11.3 Å². The van der Waals surface area contributed by atoms with E-state index < -0.39 is 0 Å². The van der Waals surface area contributed by atoms with Crippen molar-refractivity contribution in [3.63, 3.8) is 0 Å². The van der Waals surface area contributed by atoms with E-state index in [1.807, 2.05) is 72.8 Å². The zero-order valence-electron chi connectivity index (χ0n) is 18.7. The highest BCUT2D eigenvalue weighted by atomic mass is 16.5. The second kappa shape index (κ2) is 9.45. The molecule has 5 rings (SSSR count). The van der Waals surface area contributed by atoms with Crippen molar-refractivity contribution in [3.8, 4) is 11.5 Å². The molecule has 0 atom stereocenters. The molecule has 1 fully saturated rings. The highest BCUT2D eigenvalue weighted by Gasteiger charge is 2.39. The number of pyridine rings is 1. The molecule has 1 aliphatic carbocycles. The molecule has 0 spiro atoms. The molecule has 4 nitrogen and oxygen atoms in total. The molecule has 1 heterocycles. The van der Waals surface area contributed by atoms with E-state index in [4.69, 9.17) is 4.74 Å². The Morgan fingerprint density at radius 1 is 0.879 bits per heavy atom. The van der Waals surface area contributed by atoms with E-state index in [9.17, 15) is 4.79 Å². The summed E-state index contributed by atoms with van der Waals surface area (Å²) in [6.45, 7) is 0. The van der Waals surface area contributed by atoms with Crippen molar-refractivity contribution in [2.75, 3.05) is 5.32 Å². The second-order valence-electron chi connectivity index (χ2n) is 8.92. The van der Waals surface area contributed by atoms with Crippen LogP contribution in [0.4, 0.5) is 5.69 Å². The van der Waals surface area contributed by atoms with Gasteiger partial charge in [-0.15, -0.1) is 0 Å². The SMILES string of the molecule is O=C(Nc1cnc2c(Oc3ccccc3)cccc2c1)C1(Cc2ccccc2)CCCCC1. The number of rotatable bonds is 6. The Morgan fingerprint density at radius 3 is 2.36 bits per heavy atom. The van der Waals surface area contributed by atoms with Crippen LogP contribution in [0.25, 0.3) is 10.9 Å². The number of aromatic nitrogens is 1. The van der Waals surface area contributed by atoms with Crippen LogP contribution >= 0.6 is 0 Å².